The molecule has 0 saturated carbocycles. The quantitative estimate of drug-likeness (QED) is 0.230. The number of rotatable bonds is 12. The number of nitrogens with one attached hydrogen (secondary N) is 1. The van der Waals surface area contributed by atoms with E-state index in [1.807, 2.05) is 0 Å². The maximum atomic E-state index is 11.5. The number of ether oxygens (including phenoxy) is 2. The molecule has 0 bridgehead atoms. The molecule has 0 fully saturated rings. The molecule has 0 aliphatic heterocycles. The molecule has 3 unspecified atom stereocenters. The lowest BCUT2D eigenvalue weighted by Crippen LogP contribution is -2.29. The van der Waals surface area contributed by atoms with Crippen molar-refractivity contribution < 1.29 is 37.5 Å². The van der Waals surface area contributed by atoms with E-state index in [-0.39, 0.29) is 6.42 Å². The molecule has 0 spiro atoms. The first kappa shape index (κ1) is 22.2. The van der Waals surface area contributed by atoms with Crippen LogP contribution < -0.4 is 11.1 Å². The van der Waals surface area contributed by atoms with Gasteiger partial charge in [-0.15, -0.1) is 0 Å². The first-order valence-corrected chi connectivity index (χ1v) is 8.51. The average Bonchev–Trinajstić information content (AvgIpc) is 2.40. The lowest BCUT2D eigenvalue weighted by Gasteiger charge is -2.14. The second kappa shape index (κ2) is 12.6. The van der Waals surface area contributed by atoms with Gasteiger partial charge in [0.1, 0.15) is 0 Å². The molecule has 0 saturated heterocycles. The Morgan fingerprint density at radius 1 is 1.12 bits per heavy atom. The fourth-order valence-electron chi connectivity index (χ4n) is 1.61. The molecule has 0 rings (SSSR count). The van der Waals surface area contributed by atoms with Crippen molar-refractivity contribution in [3.05, 3.63) is 0 Å². The number of hydrogen-bond donors (Lipinski definition) is 2. The Bertz CT molecular complexity index is 446. The van der Waals surface area contributed by atoms with E-state index >= 15 is 0 Å². The molecular weight excluding hydrogens is 343 g/mol. The van der Waals surface area contributed by atoms with Crippen LogP contribution in [0.3, 0.4) is 0 Å². The van der Waals surface area contributed by atoms with Crippen LogP contribution in [0.4, 0.5) is 4.79 Å². The molecule has 11 heteroatoms. The van der Waals surface area contributed by atoms with E-state index in [9.17, 15) is 18.9 Å². The zero-order chi connectivity index (χ0) is 18.5. The average molecular weight is 367 g/mol. The highest BCUT2D eigenvalue weighted by molar-refractivity contribution is 7.34. The van der Waals surface area contributed by atoms with Crippen molar-refractivity contribution in [1.29, 1.82) is 0 Å². The molecule has 0 aromatic carbocycles. The third-order valence-electron chi connectivity index (χ3n) is 2.48. The molecule has 0 aliphatic rings. The molecule has 24 heavy (non-hydrogen) atoms. The van der Waals surface area contributed by atoms with E-state index in [4.69, 9.17) is 19.7 Å². The van der Waals surface area contributed by atoms with Gasteiger partial charge in [-0.3, -0.25) is 4.79 Å². The monoisotopic (exact) mass is 367 g/mol. The molecule has 2 amide bonds. The van der Waals surface area contributed by atoms with E-state index in [2.05, 4.69) is 9.84 Å². The van der Waals surface area contributed by atoms with Crippen LogP contribution in [0.25, 0.3) is 0 Å². The SMILES string of the molecule is CC(=O)OC(C)OC(C)O[P+](=O)OC(=O)CCCCCNC(N)=O. The van der Waals surface area contributed by atoms with Gasteiger partial charge in [0.2, 0.25) is 12.6 Å². The highest BCUT2D eigenvalue weighted by Gasteiger charge is 2.30. The summed E-state index contributed by atoms with van der Waals surface area (Å²) in [6.07, 6.45) is 0.0451. The Hall–Kier alpha value is -1.77. The van der Waals surface area contributed by atoms with E-state index in [0.717, 1.165) is 0 Å². The zero-order valence-corrected chi connectivity index (χ0v) is 14.9. The van der Waals surface area contributed by atoms with Crippen molar-refractivity contribution in [3.63, 3.8) is 0 Å². The Morgan fingerprint density at radius 2 is 1.79 bits per heavy atom. The standard InChI is InChI=1S/C13H23N2O8P/c1-9(16)20-10(2)21-11(3)22-24(19)23-12(17)7-5-4-6-8-15-13(14)18/h10-11H,4-8H2,1-3H3,(H2-,14,15,18)/p+1. The summed E-state index contributed by atoms with van der Waals surface area (Å²) in [6, 6.07) is -0.595. The Balaban J connectivity index is 3.79. The molecule has 3 N–H and O–H groups in total. The van der Waals surface area contributed by atoms with Crippen LogP contribution >= 0.6 is 8.25 Å². The van der Waals surface area contributed by atoms with Crippen molar-refractivity contribution in [1.82, 2.24) is 5.32 Å². The van der Waals surface area contributed by atoms with Gasteiger partial charge in [0.05, 0.1) is 6.42 Å². The highest BCUT2D eigenvalue weighted by Crippen LogP contribution is 2.28. The lowest BCUT2D eigenvalue weighted by atomic mass is 10.2. The summed E-state index contributed by atoms with van der Waals surface area (Å²) >= 11 is 0. The van der Waals surface area contributed by atoms with E-state index in [0.29, 0.717) is 25.8 Å². The molecule has 0 radical (unpaired) electrons. The summed E-state index contributed by atoms with van der Waals surface area (Å²) in [7, 11) is -2.69. The van der Waals surface area contributed by atoms with E-state index < -0.39 is 38.8 Å². The minimum Gasteiger partial charge on any atom is -0.436 e. The van der Waals surface area contributed by atoms with Crippen LogP contribution in [0.1, 0.15) is 46.5 Å². The second-order valence-electron chi connectivity index (χ2n) is 4.77. The van der Waals surface area contributed by atoms with Crippen LogP contribution in [0.2, 0.25) is 0 Å². The maximum Gasteiger partial charge on any atom is 0.755 e. The molecule has 10 nitrogen and oxygen atoms in total. The first-order valence-electron chi connectivity index (χ1n) is 7.41. The topological polar surface area (TPSA) is 143 Å². The van der Waals surface area contributed by atoms with Crippen molar-refractivity contribution >= 4 is 26.2 Å². The summed E-state index contributed by atoms with van der Waals surface area (Å²) in [4.78, 5) is 32.6. The first-order chi connectivity index (χ1) is 11.2. The summed E-state index contributed by atoms with van der Waals surface area (Å²) in [5.41, 5.74) is 4.90. The number of urea groups is 1. The molecule has 0 aromatic rings. The number of amides is 2. The molecular formula is C13H24N2O8P+. The van der Waals surface area contributed by atoms with Gasteiger partial charge in [0, 0.05) is 18.0 Å². The van der Waals surface area contributed by atoms with Crippen LogP contribution in [0.15, 0.2) is 0 Å². The predicted octanol–water partition coefficient (Wildman–Crippen LogP) is 1.70. The summed E-state index contributed by atoms with van der Waals surface area (Å²) in [6.45, 7) is 4.54. The Kier molecular flexibility index (Phi) is 11.7. The second-order valence-corrected chi connectivity index (χ2v) is 5.62. The molecule has 3 atom stereocenters. The van der Waals surface area contributed by atoms with Crippen molar-refractivity contribution in [2.45, 2.75) is 59.0 Å². The number of nitrogens with two attached hydrogens (primary N) is 1. The third kappa shape index (κ3) is 13.9. The van der Waals surface area contributed by atoms with Gasteiger partial charge in [0.15, 0.2) is 0 Å². The number of primary amides is 1. The Labute approximate surface area is 141 Å². The Morgan fingerprint density at radius 3 is 2.38 bits per heavy atom. The lowest BCUT2D eigenvalue weighted by molar-refractivity contribution is -0.206. The van der Waals surface area contributed by atoms with Crippen LogP contribution in [-0.2, 0) is 32.7 Å². The fourth-order valence-corrected chi connectivity index (χ4v) is 2.20. The van der Waals surface area contributed by atoms with Crippen LogP contribution in [0, 0.1) is 0 Å². The van der Waals surface area contributed by atoms with Gasteiger partial charge < -0.3 is 20.5 Å². The molecule has 0 heterocycles. The van der Waals surface area contributed by atoms with Crippen LogP contribution in [-0.4, -0.2) is 37.1 Å². The van der Waals surface area contributed by atoms with Crippen molar-refractivity contribution in [2.75, 3.05) is 6.54 Å². The van der Waals surface area contributed by atoms with Crippen molar-refractivity contribution in [3.8, 4) is 0 Å². The number of unbranched alkanes of at least 4 members (excludes halogenated alkanes) is 2. The van der Waals surface area contributed by atoms with Gasteiger partial charge in [-0.1, -0.05) is 10.9 Å². The smallest absolute Gasteiger partial charge is 0.436 e. The molecule has 138 valence electrons. The predicted molar refractivity (Wildman–Crippen MR) is 82.6 cm³/mol. The van der Waals surface area contributed by atoms with E-state index in [1.54, 1.807) is 0 Å². The highest BCUT2D eigenvalue weighted by atomic mass is 31.1. The molecule has 0 aliphatic carbocycles. The number of carbonyl (C=O) groups excluding carboxylic acids is 3. The molecule has 0 aromatic heterocycles. The van der Waals surface area contributed by atoms with Gasteiger partial charge in [-0.05, 0) is 26.7 Å². The number of hydrogen-bond acceptors (Lipinski definition) is 8. The summed E-state index contributed by atoms with van der Waals surface area (Å²) in [5, 5.41) is 2.43. The number of carbonyl (C=O) groups is 3. The van der Waals surface area contributed by atoms with Gasteiger partial charge >= 0.3 is 26.2 Å². The van der Waals surface area contributed by atoms with Gasteiger partial charge in [-0.2, -0.15) is 4.52 Å². The zero-order valence-electron chi connectivity index (χ0n) is 14.0. The fraction of sp³-hybridized carbons (Fsp3) is 0.769. The minimum absolute atomic E-state index is 0.0695. The minimum atomic E-state index is -2.69. The summed E-state index contributed by atoms with van der Waals surface area (Å²) in [5.74, 6) is -1.20. The van der Waals surface area contributed by atoms with Crippen molar-refractivity contribution in [2.24, 2.45) is 5.73 Å². The maximum absolute atomic E-state index is 11.5. The number of esters is 1. The van der Waals surface area contributed by atoms with E-state index in [1.165, 1.54) is 20.8 Å². The van der Waals surface area contributed by atoms with Crippen LogP contribution in [0.5, 0.6) is 0 Å². The van der Waals surface area contributed by atoms with Gasteiger partial charge in [-0.25, -0.2) is 9.59 Å². The van der Waals surface area contributed by atoms with Gasteiger partial charge in [0.25, 0.3) is 0 Å². The normalized spacial score (nSPS) is 13.5. The summed E-state index contributed by atoms with van der Waals surface area (Å²) < 4.78 is 30.7. The largest absolute Gasteiger partial charge is 0.755 e. The third-order valence-corrected chi connectivity index (χ3v) is 3.30.